The topological polar surface area (TPSA) is 93.8 Å². The Morgan fingerprint density at radius 2 is 2.15 bits per heavy atom. The van der Waals surface area contributed by atoms with Crippen LogP contribution >= 0.6 is 0 Å². The van der Waals surface area contributed by atoms with E-state index in [4.69, 9.17) is 9.51 Å². The van der Waals surface area contributed by atoms with Crippen LogP contribution in [0.3, 0.4) is 0 Å². The summed E-state index contributed by atoms with van der Waals surface area (Å²) in [5.41, 5.74) is 0.435. The van der Waals surface area contributed by atoms with Gasteiger partial charge in [-0.1, -0.05) is 30.1 Å². The second-order valence-electron chi connectivity index (χ2n) is 10.1. The number of hydrogen-bond donors (Lipinski definition) is 1. The van der Waals surface area contributed by atoms with E-state index < -0.39 is 0 Å². The molecule has 170 valence electrons. The number of rotatable bonds is 4. The predicted molar refractivity (Wildman–Crippen MR) is 118 cm³/mol. The largest absolute Gasteiger partial charge is 0.345 e. The Morgan fingerprint density at radius 3 is 3.00 bits per heavy atom. The Bertz CT molecular complexity index is 1230. The molecular weight excluding hydrogens is 421 g/mol. The van der Waals surface area contributed by atoms with Crippen LogP contribution in [0.1, 0.15) is 67.1 Å². The van der Waals surface area contributed by atoms with Crippen molar-refractivity contribution < 1.29 is 13.7 Å². The Balaban J connectivity index is 1.34. The minimum absolute atomic E-state index is 0.146. The maximum Gasteiger partial charge on any atom is 0.270 e. The van der Waals surface area contributed by atoms with Gasteiger partial charge in [-0.2, -0.15) is 4.98 Å². The van der Waals surface area contributed by atoms with E-state index in [0.29, 0.717) is 40.6 Å². The predicted octanol–water partition coefficient (Wildman–Crippen LogP) is 4.38. The molecule has 3 bridgehead atoms. The molecule has 3 aliphatic carbocycles. The molecule has 6 rings (SSSR count). The smallest absolute Gasteiger partial charge is 0.270 e. The second kappa shape index (κ2) is 7.43. The van der Waals surface area contributed by atoms with E-state index in [1.54, 1.807) is 31.3 Å². The Morgan fingerprint density at radius 1 is 1.24 bits per heavy atom. The highest BCUT2D eigenvalue weighted by Crippen LogP contribution is 2.62. The molecule has 0 saturated heterocycles. The van der Waals surface area contributed by atoms with Crippen LogP contribution in [0.2, 0.25) is 0 Å². The number of carbonyl (C=O) groups excluding carboxylic acids is 1. The summed E-state index contributed by atoms with van der Waals surface area (Å²) >= 11 is 0. The van der Waals surface area contributed by atoms with Crippen molar-refractivity contribution in [1.82, 2.24) is 25.4 Å². The summed E-state index contributed by atoms with van der Waals surface area (Å²) in [6.07, 6.45) is 8.59. The fraction of sp³-hybridized carbons (Fsp3) is 0.480. The van der Waals surface area contributed by atoms with Gasteiger partial charge >= 0.3 is 0 Å². The van der Waals surface area contributed by atoms with Gasteiger partial charge in [-0.15, -0.1) is 0 Å². The van der Waals surface area contributed by atoms with Crippen molar-refractivity contribution in [3.05, 3.63) is 59.8 Å². The van der Waals surface area contributed by atoms with E-state index >= 15 is 0 Å². The molecule has 3 fully saturated rings. The van der Waals surface area contributed by atoms with E-state index in [9.17, 15) is 9.18 Å². The molecule has 1 aromatic carbocycles. The molecule has 8 heteroatoms. The van der Waals surface area contributed by atoms with Crippen LogP contribution in [-0.4, -0.2) is 31.6 Å². The summed E-state index contributed by atoms with van der Waals surface area (Å²) in [4.78, 5) is 26.4. The number of aryl methyl sites for hydroxylation is 1. The molecule has 3 aromatic rings. The molecule has 4 unspecified atom stereocenters. The number of aromatic nitrogens is 4. The summed E-state index contributed by atoms with van der Waals surface area (Å²) in [6.45, 7) is 1.79. The number of nitrogens with one attached hydrogen (secondary N) is 1. The first-order valence-corrected chi connectivity index (χ1v) is 11.7. The van der Waals surface area contributed by atoms with Crippen molar-refractivity contribution in [1.29, 1.82) is 0 Å². The maximum atomic E-state index is 13.7. The van der Waals surface area contributed by atoms with Crippen LogP contribution in [0.5, 0.6) is 0 Å². The van der Waals surface area contributed by atoms with Crippen LogP contribution < -0.4 is 5.32 Å². The molecule has 33 heavy (non-hydrogen) atoms. The molecule has 0 spiro atoms. The molecule has 4 atom stereocenters. The fourth-order valence-corrected chi connectivity index (χ4v) is 6.72. The highest BCUT2D eigenvalue weighted by Gasteiger charge is 2.62. The highest BCUT2D eigenvalue weighted by molar-refractivity contribution is 5.92. The lowest BCUT2D eigenvalue weighted by atomic mass is 9.69. The minimum atomic E-state index is -0.327. The van der Waals surface area contributed by atoms with Gasteiger partial charge in [0, 0.05) is 17.3 Å². The van der Waals surface area contributed by atoms with Gasteiger partial charge in [-0.3, -0.25) is 4.79 Å². The van der Waals surface area contributed by atoms with Crippen LogP contribution in [0.4, 0.5) is 4.39 Å². The average molecular weight is 448 g/mol. The summed E-state index contributed by atoms with van der Waals surface area (Å²) < 4.78 is 19.5. The van der Waals surface area contributed by atoms with Gasteiger partial charge in [0.15, 0.2) is 0 Å². The van der Waals surface area contributed by atoms with Crippen molar-refractivity contribution in [2.24, 2.45) is 11.8 Å². The second-order valence-corrected chi connectivity index (χ2v) is 10.1. The van der Waals surface area contributed by atoms with Crippen LogP contribution in [-0.2, 0) is 5.41 Å². The SMILES string of the molecule is Cc1nccc(C(=O)NC23CCCC4CC2CC(c2nc(-c5cccc(F)c5)no2)(C4)C3)n1. The van der Waals surface area contributed by atoms with Crippen molar-refractivity contribution in [2.75, 3.05) is 0 Å². The zero-order valence-electron chi connectivity index (χ0n) is 18.6. The van der Waals surface area contributed by atoms with Gasteiger partial charge in [-0.05, 0) is 69.1 Å². The quantitative estimate of drug-likeness (QED) is 0.638. The number of halogens is 1. The van der Waals surface area contributed by atoms with Crippen molar-refractivity contribution in [2.45, 2.75) is 62.8 Å². The molecule has 3 aliphatic rings. The Kier molecular flexibility index (Phi) is 4.61. The van der Waals surface area contributed by atoms with Gasteiger partial charge in [-0.25, -0.2) is 14.4 Å². The molecule has 2 heterocycles. The third-order valence-electron chi connectivity index (χ3n) is 7.94. The number of carbonyl (C=O) groups is 1. The van der Waals surface area contributed by atoms with E-state index in [-0.39, 0.29) is 22.7 Å². The zero-order valence-corrected chi connectivity index (χ0v) is 18.6. The molecular formula is C25H26FN5O2. The third kappa shape index (κ3) is 3.43. The van der Waals surface area contributed by atoms with E-state index in [2.05, 4.69) is 20.4 Å². The third-order valence-corrected chi connectivity index (χ3v) is 7.94. The van der Waals surface area contributed by atoms with Crippen LogP contribution in [0.15, 0.2) is 41.1 Å². The number of hydrogen-bond acceptors (Lipinski definition) is 6. The van der Waals surface area contributed by atoms with E-state index in [0.717, 1.165) is 44.9 Å². The molecule has 3 saturated carbocycles. The minimum Gasteiger partial charge on any atom is -0.345 e. The Labute approximate surface area is 191 Å². The van der Waals surface area contributed by atoms with Crippen molar-refractivity contribution in [3.8, 4) is 11.4 Å². The first kappa shape index (κ1) is 20.4. The molecule has 7 nitrogen and oxygen atoms in total. The average Bonchev–Trinajstić information content (AvgIpc) is 3.33. The molecule has 0 radical (unpaired) electrons. The standard InChI is InChI=1S/C25H26FN5O2/c1-15-27-9-7-20(28-15)22(32)30-25-8-3-4-16-10-18(25)13-24(12-16,14-25)23-29-21(31-33-23)17-5-2-6-19(26)11-17/h2,5-7,9,11,16,18H,3-4,8,10,12-14H2,1H3,(H,30,32). The first-order valence-electron chi connectivity index (χ1n) is 11.7. The lowest BCUT2D eigenvalue weighted by Crippen LogP contribution is -2.51. The van der Waals surface area contributed by atoms with Gasteiger partial charge in [0.25, 0.3) is 5.91 Å². The van der Waals surface area contributed by atoms with Gasteiger partial charge in [0.1, 0.15) is 17.3 Å². The van der Waals surface area contributed by atoms with E-state index in [1.807, 2.05) is 0 Å². The summed E-state index contributed by atoms with van der Waals surface area (Å²) in [6, 6.07) is 7.92. The van der Waals surface area contributed by atoms with Crippen LogP contribution in [0, 0.1) is 24.6 Å². The first-order chi connectivity index (χ1) is 15.9. The maximum absolute atomic E-state index is 13.7. The van der Waals surface area contributed by atoms with Crippen LogP contribution in [0.25, 0.3) is 11.4 Å². The summed E-state index contributed by atoms with van der Waals surface area (Å²) in [5.74, 6) is 2.07. The number of nitrogens with zero attached hydrogens (tertiary/aromatic N) is 4. The molecule has 2 aromatic heterocycles. The number of amides is 1. The summed E-state index contributed by atoms with van der Waals surface area (Å²) in [5, 5.41) is 7.60. The highest BCUT2D eigenvalue weighted by atomic mass is 19.1. The summed E-state index contributed by atoms with van der Waals surface area (Å²) in [7, 11) is 0. The van der Waals surface area contributed by atoms with Crippen molar-refractivity contribution >= 4 is 5.91 Å². The Hall–Kier alpha value is -3.16. The molecule has 1 N–H and O–H groups in total. The van der Waals surface area contributed by atoms with Gasteiger partial charge < -0.3 is 9.84 Å². The van der Waals surface area contributed by atoms with Gasteiger partial charge in [0.05, 0.1) is 5.41 Å². The van der Waals surface area contributed by atoms with Crippen molar-refractivity contribution in [3.63, 3.8) is 0 Å². The lowest BCUT2D eigenvalue weighted by Gasteiger charge is -2.35. The fourth-order valence-electron chi connectivity index (χ4n) is 6.72. The van der Waals surface area contributed by atoms with E-state index in [1.165, 1.54) is 12.1 Å². The monoisotopic (exact) mass is 447 g/mol. The number of benzene rings is 1. The number of fused-ring (bicyclic) bond motifs is 2. The zero-order chi connectivity index (χ0) is 22.6. The molecule has 0 aliphatic heterocycles. The normalized spacial score (nSPS) is 30.2. The molecule has 1 amide bonds. The lowest BCUT2D eigenvalue weighted by molar-refractivity contribution is 0.0855. The van der Waals surface area contributed by atoms with Gasteiger partial charge in [0.2, 0.25) is 11.7 Å².